The Morgan fingerprint density at radius 2 is 1.85 bits per heavy atom. The fourth-order valence-corrected chi connectivity index (χ4v) is 2.75. The molecule has 0 saturated carbocycles. The van der Waals surface area contributed by atoms with Crippen LogP contribution in [0.4, 0.5) is 4.39 Å². The van der Waals surface area contributed by atoms with Crippen LogP contribution in [-0.2, 0) is 16.1 Å². The number of nitrogens with one attached hydrogen (secondary N) is 1. The van der Waals surface area contributed by atoms with E-state index in [1.165, 1.54) is 31.4 Å². The van der Waals surface area contributed by atoms with Crippen LogP contribution in [0.25, 0.3) is 10.9 Å². The molecule has 0 aliphatic heterocycles. The van der Waals surface area contributed by atoms with Crippen molar-refractivity contribution < 1.29 is 23.5 Å². The van der Waals surface area contributed by atoms with Gasteiger partial charge >= 0.3 is 5.97 Å². The van der Waals surface area contributed by atoms with Crippen molar-refractivity contribution in [3.63, 3.8) is 0 Å². The lowest BCUT2D eigenvalue weighted by atomic mass is 10.2. The maximum absolute atomic E-state index is 12.8. The smallest absolute Gasteiger partial charge is 0.340 e. The largest absolute Gasteiger partial charge is 0.492 e. The van der Waals surface area contributed by atoms with Gasteiger partial charge in [0.1, 0.15) is 24.7 Å². The highest BCUT2D eigenvalue weighted by Gasteiger charge is 2.16. The van der Waals surface area contributed by atoms with E-state index in [-0.39, 0.29) is 24.9 Å². The summed E-state index contributed by atoms with van der Waals surface area (Å²) in [7, 11) is 1.32. The number of amides is 1. The first kappa shape index (κ1) is 18.4. The number of fused-ring (bicyclic) bond motifs is 1. The predicted octanol–water partition coefficient (Wildman–Crippen LogP) is 2.76. The molecule has 1 amide bonds. The summed E-state index contributed by atoms with van der Waals surface area (Å²) in [6, 6.07) is 13.0. The Kier molecular flexibility index (Phi) is 5.71. The van der Waals surface area contributed by atoms with Crippen LogP contribution in [0.2, 0.25) is 0 Å². The van der Waals surface area contributed by atoms with Crippen molar-refractivity contribution in [2.45, 2.75) is 6.54 Å². The summed E-state index contributed by atoms with van der Waals surface area (Å²) >= 11 is 0. The van der Waals surface area contributed by atoms with E-state index in [2.05, 4.69) is 5.32 Å². The summed E-state index contributed by atoms with van der Waals surface area (Å²) in [5.41, 5.74) is 1.19. The van der Waals surface area contributed by atoms with Crippen LogP contribution in [0.15, 0.2) is 54.7 Å². The third-order valence-electron chi connectivity index (χ3n) is 4.01. The number of benzene rings is 2. The van der Waals surface area contributed by atoms with Gasteiger partial charge in [0.15, 0.2) is 0 Å². The molecule has 27 heavy (non-hydrogen) atoms. The van der Waals surface area contributed by atoms with Gasteiger partial charge in [-0.15, -0.1) is 0 Å². The molecule has 1 N–H and O–H groups in total. The Bertz CT molecular complexity index is 950. The van der Waals surface area contributed by atoms with Gasteiger partial charge in [-0.25, -0.2) is 9.18 Å². The van der Waals surface area contributed by atoms with Crippen LogP contribution in [-0.4, -0.2) is 36.7 Å². The van der Waals surface area contributed by atoms with Gasteiger partial charge in [-0.3, -0.25) is 4.79 Å². The summed E-state index contributed by atoms with van der Waals surface area (Å²) in [6.45, 7) is 0.629. The highest BCUT2D eigenvalue weighted by atomic mass is 19.1. The Hall–Kier alpha value is -3.35. The van der Waals surface area contributed by atoms with Crippen molar-refractivity contribution in [3.8, 4) is 5.75 Å². The minimum absolute atomic E-state index is 0.0635. The van der Waals surface area contributed by atoms with E-state index in [1.807, 2.05) is 24.3 Å². The molecule has 3 rings (SSSR count). The number of nitrogens with zero attached hydrogens (tertiary/aromatic N) is 1. The molecule has 0 unspecified atom stereocenters. The molecule has 140 valence electrons. The zero-order valence-electron chi connectivity index (χ0n) is 14.8. The molecule has 0 saturated heterocycles. The predicted molar refractivity (Wildman–Crippen MR) is 98.2 cm³/mol. The first-order valence-electron chi connectivity index (χ1n) is 8.39. The monoisotopic (exact) mass is 370 g/mol. The lowest BCUT2D eigenvalue weighted by molar-refractivity contribution is -0.121. The maximum Gasteiger partial charge on any atom is 0.340 e. The van der Waals surface area contributed by atoms with Gasteiger partial charge in [-0.05, 0) is 30.3 Å². The minimum atomic E-state index is -0.446. The lowest BCUT2D eigenvalue weighted by Gasteiger charge is -2.09. The molecule has 7 heteroatoms. The highest BCUT2D eigenvalue weighted by molar-refractivity contribution is 6.04. The third-order valence-corrected chi connectivity index (χ3v) is 4.01. The molecular formula is C20H19FN2O4. The summed E-state index contributed by atoms with van der Waals surface area (Å²) in [5, 5.41) is 3.49. The number of methoxy groups -OCH3 is 1. The molecule has 0 aliphatic rings. The molecule has 0 fully saturated rings. The van der Waals surface area contributed by atoms with Crippen molar-refractivity contribution in [3.05, 3.63) is 66.1 Å². The average molecular weight is 370 g/mol. The van der Waals surface area contributed by atoms with E-state index in [0.717, 1.165) is 10.9 Å². The molecule has 1 aromatic heterocycles. The van der Waals surface area contributed by atoms with Gasteiger partial charge in [-0.2, -0.15) is 0 Å². The van der Waals surface area contributed by atoms with E-state index in [1.54, 1.807) is 10.8 Å². The number of esters is 1. The quantitative estimate of drug-likeness (QED) is 0.513. The Morgan fingerprint density at radius 3 is 2.59 bits per heavy atom. The second-order valence-corrected chi connectivity index (χ2v) is 5.83. The van der Waals surface area contributed by atoms with Gasteiger partial charge in [-0.1, -0.05) is 18.2 Å². The van der Waals surface area contributed by atoms with Crippen molar-refractivity contribution in [2.24, 2.45) is 0 Å². The highest BCUT2D eigenvalue weighted by Crippen LogP contribution is 2.22. The molecule has 1 heterocycles. The number of ether oxygens (including phenoxy) is 2. The van der Waals surface area contributed by atoms with Crippen LogP contribution < -0.4 is 10.1 Å². The van der Waals surface area contributed by atoms with E-state index in [4.69, 9.17) is 9.47 Å². The normalized spacial score (nSPS) is 10.6. The number of rotatable bonds is 7. The summed E-state index contributed by atoms with van der Waals surface area (Å²) in [5.74, 6) is -0.460. The van der Waals surface area contributed by atoms with Gasteiger partial charge < -0.3 is 19.4 Å². The molecule has 0 aliphatic carbocycles. The second-order valence-electron chi connectivity index (χ2n) is 5.83. The Morgan fingerprint density at radius 1 is 1.11 bits per heavy atom. The van der Waals surface area contributed by atoms with Gasteiger partial charge in [0.2, 0.25) is 5.91 Å². The molecule has 0 radical (unpaired) electrons. The molecule has 0 atom stereocenters. The minimum Gasteiger partial charge on any atom is -0.492 e. The summed E-state index contributed by atoms with van der Waals surface area (Å²) in [4.78, 5) is 24.1. The van der Waals surface area contributed by atoms with Crippen LogP contribution in [0, 0.1) is 5.82 Å². The lowest BCUT2D eigenvalue weighted by Crippen LogP contribution is -2.31. The van der Waals surface area contributed by atoms with Crippen LogP contribution in [0.1, 0.15) is 10.4 Å². The number of hydrogen-bond acceptors (Lipinski definition) is 4. The molecule has 0 spiro atoms. The summed E-state index contributed by atoms with van der Waals surface area (Å²) in [6.07, 6.45) is 1.62. The zero-order valence-corrected chi connectivity index (χ0v) is 14.8. The van der Waals surface area contributed by atoms with Gasteiger partial charge in [0.05, 0.1) is 19.2 Å². The van der Waals surface area contributed by atoms with Crippen LogP contribution in [0.3, 0.4) is 0 Å². The van der Waals surface area contributed by atoms with Crippen molar-refractivity contribution in [2.75, 3.05) is 20.3 Å². The van der Waals surface area contributed by atoms with Gasteiger partial charge in [0.25, 0.3) is 0 Å². The first-order valence-corrected chi connectivity index (χ1v) is 8.39. The van der Waals surface area contributed by atoms with Crippen molar-refractivity contribution in [1.29, 1.82) is 0 Å². The molecular weight excluding hydrogens is 351 g/mol. The van der Waals surface area contributed by atoms with Crippen molar-refractivity contribution in [1.82, 2.24) is 9.88 Å². The van der Waals surface area contributed by atoms with Crippen LogP contribution in [0.5, 0.6) is 5.75 Å². The zero-order chi connectivity index (χ0) is 19.2. The number of carbonyl (C=O) groups is 2. The third kappa shape index (κ3) is 4.44. The number of para-hydroxylation sites is 1. The second kappa shape index (κ2) is 8.35. The molecule has 2 aromatic carbocycles. The van der Waals surface area contributed by atoms with Gasteiger partial charge in [0, 0.05) is 17.1 Å². The van der Waals surface area contributed by atoms with E-state index < -0.39 is 5.97 Å². The average Bonchev–Trinajstić information content (AvgIpc) is 3.04. The molecule has 6 nitrogen and oxygen atoms in total. The topological polar surface area (TPSA) is 69.6 Å². The van der Waals surface area contributed by atoms with Crippen LogP contribution >= 0.6 is 0 Å². The Labute approximate surface area is 155 Å². The molecule has 0 bridgehead atoms. The molecule has 3 aromatic rings. The Balaban J connectivity index is 1.57. The maximum atomic E-state index is 12.8. The van der Waals surface area contributed by atoms with E-state index in [0.29, 0.717) is 17.9 Å². The summed E-state index contributed by atoms with van der Waals surface area (Å²) < 4.78 is 24.8. The van der Waals surface area contributed by atoms with Crippen molar-refractivity contribution >= 4 is 22.8 Å². The number of halogens is 1. The fraction of sp³-hybridized carbons (Fsp3) is 0.200. The number of aromatic nitrogens is 1. The number of hydrogen-bond donors (Lipinski definition) is 1. The SMILES string of the molecule is COC(=O)c1cn(CC(=O)NCCOc2ccc(F)cc2)c2ccccc12. The fourth-order valence-electron chi connectivity index (χ4n) is 2.75. The van der Waals surface area contributed by atoms with E-state index >= 15 is 0 Å². The first-order chi connectivity index (χ1) is 13.1. The number of carbonyl (C=O) groups excluding carboxylic acids is 2. The standard InChI is InChI=1S/C20H19FN2O4/c1-26-20(25)17-12-23(18-5-3-2-4-16(17)18)13-19(24)22-10-11-27-15-8-6-14(21)7-9-15/h2-9,12H,10-11,13H2,1H3,(H,22,24). The van der Waals surface area contributed by atoms with E-state index in [9.17, 15) is 14.0 Å².